The van der Waals surface area contributed by atoms with Crippen molar-refractivity contribution < 1.29 is 14.3 Å². The van der Waals surface area contributed by atoms with Crippen LogP contribution in [0.3, 0.4) is 0 Å². The Morgan fingerprint density at radius 1 is 1.31 bits per heavy atom. The molecule has 0 aromatic heterocycles. The van der Waals surface area contributed by atoms with Crippen LogP contribution in [0.2, 0.25) is 0 Å². The van der Waals surface area contributed by atoms with Crippen molar-refractivity contribution in [2.75, 3.05) is 50.8 Å². The molecule has 6 nitrogen and oxygen atoms in total. The summed E-state index contributed by atoms with van der Waals surface area (Å²) in [6, 6.07) is 6.11. The van der Waals surface area contributed by atoms with Gasteiger partial charge in [0.05, 0.1) is 19.1 Å². The second-order valence-electron chi connectivity index (χ2n) is 7.09. The van der Waals surface area contributed by atoms with Crippen molar-refractivity contribution in [3.8, 4) is 0 Å². The second-order valence-corrected chi connectivity index (χ2v) is 7.09. The van der Waals surface area contributed by atoms with Crippen LogP contribution in [-0.2, 0) is 20.7 Å². The van der Waals surface area contributed by atoms with Crippen LogP contribution in [0.15, 0.2) is 18.2 Å². The molecule has 1 aromatic carbocycles. The van der Waals surface area contributed by atoms with Crippen LogP contribution in [0.5, 0.6) is 0 Å². The number of nitrogens with zero attached hydrogens (tertiary/aromatic N) is 2. The Morgan fingerprint density at radius 3 is 2.81 bits per heavy atom. The highest BCUT2D eigenvalue weighted by atomic mass is 16.5. The van der Waals surface area contributed by atoms with E-state index < -0.39 is 0 Å². The van der Waals surface area contributed by atoms with Gasteiger partial charge in [-0.3, -0.25) is 14.5 Å². The fourth-order valence-electron chi connectivity index (χ4n) is 3.80. The highest BCUT2D eigenvalue weighted by Gasteiger charge is 2.36. The number of nitrogens with one attached hydrogen (secondary N) is 1. The lowest BCUT2D eigenvalue weighted by Crippen LogP contribution is -2.42. The minimum Gasteiger partial charge on any atom is -0.379 e. The zero-order valence-corrected chi connectivity index (χ0v) is 15.8. The van der Waals surface area contributed by atoms with E-state index in [2.05, 4.69) is 23.2 Å². The van der Waals surface area contributed by atoms with Crippen molar-refractivity contribution >= 4 is 17.5 Å². The van der Waals surface area contributed by atoms with Crippen LogP contribution >= 0.6 is 0 Å². The molecule has 0 aliphatic carbocycles. The van der Waals surface area contributed by atoms with E-state index in [1.165, 1.54) is 0 Å². The molecule has 2 aliphatic heterocycles. The van der Waals surface area contributed by atoms with Gasteiger partial charge in [0, 0.05) is 44.8 Å². The normalized spacial score (nSPS) is 21.2. The van der Waals surface area contributed by atoms with E-state index in [0.29, 0.717) is 19.5 Å². The maximum Gasteiger partial charge on any atom is 0.227 e. The first-order valence-electron chi connectivity index (χ1n) is 9.56. The van der Waals surface area contributed by atoms with Crippen molar-refractivity contribution in [1.29, 1.82) is 0 Å². The van der Waals surface area contributed by atoms with E-state index in [9.17, 15) is 9.59 Å². The molecule has 6 heteroatoms. The predicted molar refractivity (Wildman–Crippen MR) is 101 cm³/mol. The molecule has 0 radical (unpaired) electrons. The Kier molecular flexibility index (Phi) is 6.27. The maximum absolute atomic E-state index is 12.6. The van der Waals surface area contributed by atoms with Gasteiger partial charge in [-0.2, -0.15) is 0 Å². The molecule has 1 atom stereocenters. The van der Waals surface area contributed by atoms with Crippen molar-refractivity contribution in [3.63, 3.8) is 0 Å². The Labute approximate surface area is 155 Å². The topological polar surface area (TPSA) is 61.9 Å². The van der Waals surface area contributed by atoms with Gasteiger partial charge in [0.1, 0.15) is 0 Å². The van der Waals surface area contributed by atoms with Gasteiger partial charge in [-0.15, -0.1) is 0 Å². The largest absolute Gasteiger partial charge is 0.379 e. The monoisotopic (exact) mass is 359 g/mol. The number of rotatable bonds is 6. The van der Waals surface area contributed by atoms with Gasteiger partial charge in [-0.05, 0) is 24.5 Å². The molecule has 2 saturated heterocycles. The number of morpholine rings is 1. The summed E-state index contributed by atoms with van der Waals surface area (Å²) in [5, 5.41) is 3.01. The Bertz CT molecular complexity index is 656. The quantitative estimate of drug-likeness (QED) is 0.833. The van der Waals surface area contributed by atoms with E-state index in [4.69, 9.17) is 4.74 Å². The third-order valence-corrected chi connectivity index (χ3v) is 5.30. The lowest BCUT2D eigenvalue weighted by Gasteiger charge is -2.26. The maximum atomic E-state index is 12.6. The van der Waals surface area contributed by atoms with Crippen molar-refractivity contribution in [1.82, 2.24) is 10.2 Å². The highest BCUT2D eigenvalue weighted by molar-refractivity contribution is 6.01. The Morgan fingerprint density at radius 2 is 2.08 bits per heavy atom. The molecule has 0 saturated carbocycles. The van der Waals surface area contributed by atoms with Gasteiger partial charge in [0.15, 0.2) is 0 Å². The number of para-hydroxylation sites is 1. The number of hydrogen-bond acceptors (Lipinski definition) is 4. The van der Waals surface area contributed by atoms with Crippen molar-refractivity contribution in [2.24, 2.45) is 5.92 Å². The zero-order valence-electron chi connectivity index (χ0n) is 15.8. The first-order valence-corrected chi connectivity index (χ1v) is 9.56. The molecular weight excluding hydrogens is 330 g/mol. The van der Waals surface area contributed by atoms with E-state index in [1.807, 2.05) is 19.1 Å². The molecule has 0 bridgehead atoms. The average molecular weight is 359 g/mol. The van der Waals surface area contributed by atoms with Gasteiger partial charge in [0.25, 0.3) is 0 Å². The van der Waals surface area contributed by atoms with E-state index >= 15 is 0 Å². The number of carbonyl (C=O) groups is 2. The molecular formula is C20H29N3O3. The van der Waals surface area contributed by atoms with Crippen LogP contribution in [0, 0.1) is 12.8 Å². The van der Waals surface area contributed by atoms with Gasteiger partial charge in [-0.1, -0.05) is 25.1 Å². The summed E-state index contributed by atoms with van der Waals surface area (Å²) in [4.78, 5) is 29.2. The lowest BCUT2D eigenvalue weighted by atomic mass is 10.0. The number of ether oxygens (including phenoxy) is 1. The zero-order chi connectivity index (χ0) is 18.5. The number of hydrogen-bond donors (Lipinski definition) is 1. The van der Waals surface area contributed by atoms with E-state index in [0.717, 1.165) is 56.1 Å². The summed E-state index contributed by atoms with van der Waals surface area (Å²) < 4.78 is 5.33. The number of aryl methyl sites for hydroxylation is 2. The summed E-state index contributed by atoms with van der Waals surface area (Å²) in [5.74, 6) is -0.237. The average Bonchev–Trinajstić information content (AvgIpc) is 3.03. The summed E-state index contributed by atoms with van der Waals surface area (Å²) in [5.41, 5.74) is 3.24. The summed E-state index contributed by atoms with van der Waals surface area (Å²) in [6.07, 6.45) is 1.16. The standard InChI is InChI=1S/C20H29N3O3/c1-3-16-6-4-5-15(2)19(16)23-14-17(13-18(23)24)20(25)21-7-8-22-9-11-26-12-10-22/h4-6,17H,3,7-14H2,1-2H3,(H,21,25). The van der Waals surface area contributed by atoms with Gasteiger partial charge < -0.3 is 15.0 Å². The van der Waals surface area contributed by atoms with Crippen LogP contribution in [0.25, 0.3) is 0 Å². The molecule has 2 amide bonds. The number of benzene rings is 1. The number of amides is 2. The first-order chi connectivity index (χ1) is 12.6. The van der Waals surface area contributed by atoms with E-state index in [-0.39, 0.29) is 17.7 Å². The number of carbonyl (C=O) groups excluding carboxylic acids is 2. The van der Waals surface area contributed by atoms with Crippen molar-refractivity contribution in [3.05, 3.63) is 29.3 Å². The Balaban J connectivity index is 1.56. The molecule has 0 spiro atoms. The predicted octanol–water partition coefficient (Wildman–Crippen LogP) is 1.36. The van der Waals surface area contributed by atoms with Crippen LogP contribution in [0.4, 0.5) is 5.69 Å². The molecule has 2 aliphatic rings. The first kappa shape index (κ1) is 18.9. The molecule has 2 heterocycles. The van der Waals surface area contributed by atoms with E-state index in [1.54, 1.807) is 4.90 Å². The summed E-state index contributed by atoms with van der Waals surface area (Å²) in [7, 11) is 0. The third-order valence-electron chi connectivity index (χ3n) is 5.30. The third kappa shape index (κ3) is 4.24. The van der Waals surface area contributed by atoms with Crippen molar-refractivity contribution in [2.45, 2.75) is 26.7 Å². The summed E-state index contributed by atoms with van der Waals surface area (Å²) >= 11 is 0. The second kappa shape index (κ2) is 8.64. The fraction of sp³-hybridized carbons (Fsp3) is 0.600. The minimum absolute atomic E-state index is 0.0132. The van der Waals surface area contributed by atoms with Crippen LogP contribution < -0.4 is 10.2 Å². The van der Waals surface area contributed by atoms with Crippen LogP contribution in [0.1, 0.15) is 24.5 Å². The van der Waals surface area contributed by atoms with Gasteiger partial charge >= 0.3 is 0 Å². The molecule has 3 rings (SSSR count). The Hall–Kier alpha value is -1.92. The molecule has 1 aromatic rings. The van der Waals surface area contributed by atoms with Gasteiger partial charge in [-0.25, -0.2) is 0 Å². The lowest BCUT2D eigenvalue weighted by molar-refractivity contribution is -0.126. The molecule has 1 N–H and O–H groups in total. The number of anilines is 1. The highest BCUT2D eigenvalue weighted by Crippen LogP contribution is 2.31. The minimum atomic E-state index is -0.267. The SMILES string of the molecule is CCc1cccc(C)c1N1CC(C(=O)NCCN2CCOCC2)CC1=O. The van der Waals surface area contributed by atoms with Gasteiger partial charge in [0.2, 0.25) is 11.8 Å². The molecule has 2 fully saturated rings. The van der Waals surface area contributed by atoms with Crippen LogP contribution in [-0.4, -0.2) is 62.7 Å². The smallest absolute Gasteiger partial charge is 0.227 e. The molecule has 26 heavy (non-hydrogen) atoms. The molecule has 142 valence electrons. The fourth-order valence-corrected chi connectivity index (χ4v) is 3.80. The summed E-state index contributed by atoms with van der Waals surface area (Å²) in [6.45, 7) is 9.39. The molecule has 1 unspecified atom stereocenters.